The number of nitrogens with one attached hydrogen (secondary N) is 3. The first-order valence-corrected chi connectivity index (χ1v) is 8.07. The molecule has 0 aliphatic carbocycles. The summed E-state index contributed by atoms with van der Waals surface area (Å²) in [7, 11) is 0. The Labute approximate surface area is 164 Å². The number of amides is 2. The number of oxazole rings is 1. The second-order valence-corrected chi connectivity index (χ2v) is 5.93. The van der Waals surface area contributed by atoms with E-state index >= 15 is 0 Å². The van der Waals surface area contributed by atoms with Gasteiger partial charge in [-0.05, 0) is 31.2 Å². The zero-order valence-electron chi connectivity index (χ0n) is 14.8. The molecule has 9 heteroatoms. The van der Waals surface area contributed by atoms with Crippen molar-refractivity contribution in [1.82, 2.24) is 9.97 Å². The number of aromatic nitrogens is 2. The van der Waals surface area contributed by atoms with Crippen LogP contribution < -0.4 is 16.8 Å². The van der Waals surface area contributed by atoms with Gasteiger partial charge in [-0.15, -0.1) is 0 Å². The highest BCUT2D eigenvalue weighted by atomic mass is 16.4. The molecule has 4 aromatic rings. The number of carbonyl (C=O) groups excluding carboxylic acids is 3. The number of aromatic amines is 2. The maximum Gasteiger partial charge on any atom is 0.417 e. The van der Waals surface area contributed by atoms with E-state index in [0.29, 0.717) is 44.5 Å². The zero-order valence-corrected chi connectivity index (χ0v) is 14.8. The Morgan fingerprint density at radius 3 is 2.48 bits per heavy atom. The molecule has 2 aromatic heterocycles. The fourth-order valence-corrected chi connectivity index (χ4v) is 3.02. The summed E-state index contributed by atoms with van der Waals surface area (Å²) in [6.45, 7) is 3.75. The lowest BCUT2D eigenvalue weighted by Gasteiger charge is -2.05. The number of hydrogen-bond acceptors (Lipinski definition) is 5. The van der Waals surface area contributed by atoms with Crippen LogP contribution in [0.3, 0.4) is 0 Å². The Balaban J connectivity index is 0.000000970. The Kier molecular flexibility index (Phi) is 6.03. The van der Waals surface area contributed by atoms with Crippen LogP contribution in [0.25, 0.3) is 22.0 Å². The molecule has 0 aliphatic heterocycles. The standard InChI is InChI=1S/C18H14N4O4.CH2O.CH4/c1-8-15(16(19)23)11-4-2-9(6-13(11)20-8)17(24)21-10-3-5-12-14(7-10)26-18(25)22-12;1-2;/h2-7,20H,1H3,(H2,19,23)(H,21,24)(H,22,25);1H2;1H4. The number of aryl methyl sites for hydroxylation is 1. The van der Waals surface area contributed by atoms with Gasteiger partial charge in [-0.25, -0.2) is 4.79 Å². The van der Waals surface area contributed by atoms with Crippen LogP contribution in [0.15, 0.2) is 45.6 Å². The predicted molar refractivity (Wildman–Crippen MR) is 110 cm³/mol. The van der Waals surface area contributed by atoms with Gasteiger partial charge in [-0.2, -0.15) is 0 Å². The largest absolute Gasteiger partial charge is 0.417 e. The maximum absolute atomic E-state index is 12.5. The minimum absolute atomic E-state index is 0. The average Bonchev–Trinajstić information content (AvgIpc) is 3.19. The van der Waals surface area contributed by atoms with Gasteiger partial charge in [-0.3, -0.25) is 14.6 Å². The minimum Gasteiger partial charge on any atom is -0.408 e. The summed E-state index contributed by atoms with van der Waals surface area (Å²) in [5.41, 5.74) is 8.92. The van der Waals surface area contributed by atoms with E-state index in [4.69, 9.17) is 14.9 Å². The molecule has 2 heterocycles. The molecule has 150 valence electrons. The molecule has 0 saturated heterocycles. The molecule has 0 radical (unpaired) electrons. The van der Waals surface area contributed by atoms with Crippen molar-refractivity contribution in [2.75, 3.05) is 5.32 Å². The summed E-state index contributed by atoms with van der Waals surface area (Å²) in [4.78, 5) is 48.9. The van der Waals surface area contributed by atoms with E-state index in [-0.39, 0.29) is 13.3 Å². The molecule has 29 heavy (non-hydrogen) atoms. The molecular weight excluding hydrogens is 376 g/mol. The lowest BCUT2D eigenvalue weighted by atomic mass is 10.1. The smallest absolute Gasteiger partial charge is 0.408 e. The number of rotatable bonds is 3. The highest BCUT2D eigenvalue weighted by Crippen LogP contribution is 2.24. The second-order valence-electron chi connectivity index (χ2n) is 5.93. The summed E-state index contributed by atoms with van der Waals surface area (Å²) >= 11 is 0. The van der Waals surface area contributed by atoms with E-state index in [1.807, 2.05) is 6.79 Å². The quantitative estimate of drug-likeness (QED) is 0.420. The number of benzene rings is 2. The van der Waals surface area contributed by atoms with E-state index in [1.54, 1.807) is 43.3 Å². The highest BCUT2D eigenvalue weighted by molar-refractivity contribution is 6.11. The van der Waals surface area contributed by atoms with Gasteiger partial charge in [0.25, 0.3) is 11.8 Å². The minimum atomic E-state index is -0.554. The maximum atomic E-state index is 12.5. The third-order valence-electron chi connectivity index (χ3n) is 4.17. The summed E-state index contributed by atoms with van der Waals surface area (Å²) in [5, 5.41) is 3.42. The van der Waals surface area contributed by atoms with E-state index in [1.165, 1.54) is 0 Å². The van der Waals surface area contributed by atoms with Gasteiger partial charge in [0.15, 0.2) is 5.58 Å². The Morgan fingerprint density at radius 1 is 1.07 bits per heavy atom. The third kappa shape index (κ3) is 3.93. The third-order valence-corrected chi connectivity index (χ3v) is 4.17. The molecular formula is C20H20N4O5. The van der Waals surface area contributed by atoms with Gasteiger partial charge in [0.2, 0.25) is 0 Å². The lowest BCUT2D eigenvalue weighted by Crippen LogP contribution is -2.12. The summed E-state index contributed by atoms with van der Waals surface area (Å²) in [6, 6.07) is 9.82. The monoisotopic (exact) mass is 396 g/mol. The molecule has 0 bridgehead atoms. The summed E-state index contributed by atoms with van der Waals surface area (Å²) < 4.78 is 4.98. The Morgan fingerprint density at radius 2 is 1.79 bits per heavy atom. The molecule has 0 fully saturated rings. The van der Waals surface area contributed by atoms with E-state index in [9.17, 15) is 14.4 Å². The van der Waals surface area contributed by atoms with Crippen LogP contribution in [-0.2, 0) is 4.79 Å². The molecule has 2 amide bonds. The number of carbonyl (C=O) groups is 3. The molecule has 0 spiro atoms. The van der Waals surface area contributed by atoms with Gasteiger partial charge >= 0.3 is 5.76 Å². The van der Waals surface area contributed by atoms with Crippen LogP contribution >= 0.6 is 0 Å². The SMILES string of the molecule is C.C=O.Cc1[nH]c2cc(C(=O)Nc3ccc4[nH]c(=O)oc4c3)ccc2c1C(N)=O. The number of nitrogens with two attached hydrogens (primary N) is 1. The van der Waals surface area contributed by atoms with Gasteiger partial charge in [0, 0.05) is 33.9 Å². The number of H-pyrrole nitrogens is 2. The van der Waals surface area contributed by atoms with Crippen molar-refractivity contribution in [2.45, 2.75) is 14.4 Å². The van der Waals surface area contributed by atoms with Crippen molar-refractivity contribution in [3.05, 3.63) is 63.8 Å². The molecule has 0 atom stereocenters. The second kappa shape index (κ2) is 8.26. The average molecular weight is 396 g/mol. The molecule has 2 aromatic carbocycles. The zero-order chi connectivity index (χ0) is 20.4. The summed E-state index contributed by atoms with van der Waals surface area (Å²) in [6.07, 6.45) is 0. The van der Waals surface area contributed by atoms with Crippen LogP contribution in [0, 0.1) is 6.92 Å². The van der Waals surface area contributed by atoms with Crippen molar-refractivity contribution in [3.8, 4) is 0 Å². The highest BCUT2D eigenvalue weighted by Gasteiger charge is 2.15. The fraction of sp³-hybridized carbons (Fsp3) is 0.100. The van der Waals surface area contributed by atoms with Crippen molar-refractivity contribution >= 4 is 46.3 Å². The molecule has 0 aliphatic rings. The van der Waals surface area contributed by atoms with Gasteiger partial charge in [-0.1, -0.05) is 13.5 Å². The van der Waals surface area contributed by atoms with E-state index in [2.05, 4.69) is 15.3 Å². The molecule has 4 rings (SSSR count). The normalized spacial score (nSPS) is 10.1. The Bertz CT molecular complexity index is 1270. The number of anilines is 1. The molecule has 5 N–H and O–H groups in total. The predicted octanol–water partition coefficient (Wildman–Crippen LogP) is 2.71. The Hall–Kier alpha value is -4.14. The van der Waals surface area contributed by atoms with E-state index in [0.717, 1.165) is 0 Å². The van der Waals surface area contributed by atoms with E-state index < -0.39 is 11.7 Å². The fourth-order valence-electron chi connectivity index (χ4n) is 3.02. The van der Waals surface area contributed by atoms with Crippen molar-refractivity contribution < 1.29 is 18.8 Å². The van der Waals surface area contributed by atoms with Crippen molar-refractivity contribution in [1.29, 1.82) is 0 Å². The molecule has 9 nitrogen and oxygen atoms in total. The van der Waals surface area contributed by atoms with Crippen molar-refractivity contribution in [3.63, 3.8) is 0 Å². The lowest BCUT2D eigenvalue weighted by molar-refractivity contribution is -0.0980. The van der Waals surface area contributed by atoms with Crippen LogP contribution in [0.5, 0.6) is 0 Å². The topological polar surface area (TPSA) is 151 Å². The molecule has 0 unspecified atom stereocenters. The molecule has 0 saturated carbocycles. The van der Waals surface area contributed by atoms with Crippen LogP contribution in [0.4, 0.5) is 5.69 Å². The van der Waals surface area contributed by atoms with Gasteiger partial charge < -0.3 is 25.2 Å². The van der Waals surface area contributed by atoms with Crippen molar-refractivity contribution in [2.24, 2.45) is 5.73 Å². The first kappa shape index (κ1) is 21.2. The van der Waals surface area contributed by atoms with Gasteiger partial charge in [0.1, 0.15) is 6.79 Å². The van der Waals surface area contributed by atoms with Crippen LogP contribution in [-0.4, -0.2) is 28.6 Å². The first-order valence-electron chi connectivity index (χ1n) is 8.07. The van der Waals surface area contributed by atoms with Crippen LogP contribution in [0.2, 0.25) is 0 Å². The van der Waals surface area contributed by atoms with Crippen LogP contribution in [0.1, 0.15) is 33.8 Å². The summed E-state index contributed by atoms with van der Waals surface area (Å²) in [5.74, 6) is -1.41. The number of hydrogen-bond donors (Lipinski definition) is 4. The number of primary amides is 1. The first-order chi connectivity index (χ1) is 13.4. The number of fused-ring (bicyclic) bond motifs is 2. The van der Waals surface area contributed by atoms with Gasteiger partial charge in [0.05, 0.1) is 11.1 Å².